The summed E-state index contributed by atoms with van der Waals surface area (Å²) in [5.41, 5.74) is 1.00. The topological polar surface area (TPSA) is 61.5 Å². The van der Waals surface area contributed by atoms with Gasteiger partial charge in [-0.25, -0.2) is 4.98 Å². The second kappa shape index (κ2) is 10.2. The van der Waals surface area contributed by atoms with Crippen LogP contribution in [0.3, 0.4) is 0 Å². The van der Waals surface area contributed by atoms with Crippen molar-refractivity contribution >= 4 is 5.82 Å². The predicted molar refractivity (Wildman–Crippen MR) is 125 cm³/mol. The van der Waals surface area contributed by atoms with Gasteiger partial charge in [0.1, 0.15) is 5.82 Å². The summed E-state index contributed by atoms with van der Waals surface area (Å²) in [6, 6.07) is 16.2. The van der Waals surface area contributed by atoms with E-state index >= 15 is 0 Å². The molecule has 0 bridgehead atoms. The van der Waals surface area contributed by atoms with E-state index in [2.05, 4.69) is 42.0 Å². The second-order valence-corrected chi connectivity index (χ2v) is 8.91. The standard InChI is InChI=1S/C25H32N6O/c1-2-8-22(9-3-1)25-27-24(32-28-25)11-14-29-13-6-7-21(19-29)20-30-15-17-31(18-16-30)23-10-4-5-12-26-23/h1-5,8-10,12,21H,6-7,11,13-20H2. The first-order valence-electron chi connectivity index (χ1n) is 11.8. The van der Waals surface area contributed by atoms with E-state index in [1.807, 2.05) is 42.6 Å². The molecule has 1 aromatic carbocycles. The molecule has 2 aliphatic rings. The molecule has 7 nitrogen and oxygen atoms in total. The summed E-state index contributed by atoms with van der Waals surface area (Å²) >= 11 is 0. The van der Waals surface area contributed by atoms with Crippen LogP contribution in [0.15, 0.2) is 59.3 Å². The molecule has 2 aromatic heterocycles. The molecule has 7 heteroatoms. The Morgan fingerprint density at radius 1 is 0.906 bits per heavy atom. The highest BCUT2D eigenvalue weighted by molar-refractivity contribution is 5.53. The number of piperidine rings is 1. The van der Waals surface area contributed by atoms with Crippen molar-refractivity contribution in [3.8, 4) is 11.4 Å². The molecular formula is C25H32N6O. The molecule has 168 valence electrons. The van der Waals surface area contributed by atoms with Gasteiger partial charge in [-0.05, 0) is 37.4 Å². The van der Waals surface area contributed by atoms with Crippen molar-refractivity contribution in [3.05, 3.63) is 60.6 Å². The van der Waals surface area contributed by atoms with Crippen LogP contribution in [-0.2, 0) is 6.42 Å². The van der Waals surface area contributed by atoms with Crippen molar-refractivity contribution in [3.63, 3.8) is 0 Å². The summed E-state index contributed by atoms with van der Waals surface area (Å²) in [5, 5.41) is 4.15. The third kappa shape index (κ3) is 5.34. The molecule has 0 spiro atoms. The number of pyridine rings is 1. The van der Waals surface area contributed by atoms with E-state index in [-0.39, 0.29) is 0 Å². The number of hydrogen-bond donors (Lipinski definition) is 0. The molecule has 0 saturated carbocycles. The molecule has 4 heterocycles. The van der Waals surface area contributed by atoms with Gasteiger partial charge >= 0.3 is 0 Å². The van der Waals surface area contributed by atoms with Crippen molar-refractivity contribution in [2.75, 3.05) is 57.3 Å². The first-order valence-corrected chi connectivity index (χ1v) is 11.8. The van der Waals surface area contributed by atoms with Gasteiger partial charge in [0.15, 0.2) is 0 Å². The summed E-state index contributed by atoms with van der Waals surface area (Å²) < 4.78 is 5.50. The molecule has 0 N–H and O–H groups in total. The lowest BCUT2D eigenvalue weighted by Gasteiger charge is -2.39. The van der Waals surface area contributed by atoms with Crippen LogP contribution in [0.4, 0.5) is 5.82 Å². The average Bonchev–Trinajstić information content (AvgIpc) is 3.34. The van der Waals surface area contributed by atoms with Gasteiger partial charge < -0.3 is 14.3 Å². The third-order valence-electron chi connectivity index (χ3n) is 6.61. The van der Waals surface area contributed by atoms with Crippen LogP contribution in [0.25, 0.3) is 11.4 Å². The Morgan fingerprint density at radius 2 is 1.75 bits per heavy atom. The van der Waals surface area contributed by atoms with Crippen molar-refractivity contribution in [2.45, 2.75) is 19.3 Å². The number of aromatic nitrogens is 3. The Bertz CT molecular complexity index is 955. The lowest BCUT2D eigenvalue weighted by atomic mass is 9.97. The zero-order chi connectivity index (χ0) is 21.6. The number of nitrogens with zero attached hydrogens (tertiary/aromatic N) is 6. The minimum Gasteiger partial charge on any atom is -0.354 e. The molecule has 2 saturated heterocycles. The van der Waals surface area contributed by atoms with Gasteiger partial charge in [-0.3, -0.25) is 4.90 Å². The molecule has 32 heavy (non-hydrogen) atoms. The fourth-order valence-electron chi connectivity index (χ4n) is 4.88. The Balaban J connectivity index is 1.07. The molecule has 2 fully saturated rings. The summed E-state index contributed by atoms with van der Waals surface area (Å²) in [7, 11) is 0. The fraction of sp³-hybridized carbons (Fsp3) is 0.480. The summed E-state index contributed by atoms with van der Waals surface area (Å²) in [6.45, 7) is 8.90. The number of likely N-dealkylation sites (tertiary alicyclic amines) is 1. The minimum atomic E-state index is 0.682. The average molecular weight is 433 g/mol. The molecule has 2 aliphatic heterocycles. The number of anilines is 1. The third-order valence-corrected chi connectivity index (χ3v) is 6.61. The van der Waals surface area contributed by atoms with Gasteiger partial charge in [0, 0.05) is 64.0 Å². The highest BCUT2D eigenvalue weighted by Gasteiger charge is 2.25. The molecule has 0 radical (unpaired) electrons. The van der Waals surface area contributed by atoms with Crippen LogP contribution < -0.4 is 4.90 Å². The zero-order valence-electron chi connectivity index (χ0n) is 18.6. The van der Waals surface area contributed by atoms with E-state index in [0.29, 0.717) is 5.82 Å². The maximum absolute atomic E-state index is 5.50. The summed E-state index contributed by atoms with van der Waals surface area (Å²) in [4.78, 5) is 16.7. The maximum Gasteiger partial charge on any atom is 0.228 e. The maximum atomic E-state index is 5.50. The summed E-state index contributed by atoms with van der Waals surface area (Å²) in [6.07, 6.45) is 5.30. The molecular weight excluding hydrogens is 400 g/mol. The van der Waals surface area contributed by atoms with Crippen molar-refractivity contribution in [1.29, 1.82) is 0 Å². The first kappa shape index (κ1) is 21.1. The SMILES string of the molecule is c1ccc(-c2noc(CCN3CCCC(CN4CCN(c5ccccn5)CC4)C3)n2)cc1. The lowest BCUT2D eigenvalue weighted by molar-refractivity contribution is 0.128. The Labute approximate surface area is 190 Å². The van der Waals surface area contributed by atoms with E-state index in [1.54, 1.807) is 0 Å². The van der Waals surface area contributed by atoms with Gasteiger partial charge in [0.25, 0.3) is 0 Å². The molecule has 0 amide bonds. The van der Waals surface area contributed by atoms with Gasteiger partial charge in [-0.2, -0.15) is 4.98 Å². The van der Waals surface area contributed by atoms with E-state index < -0.39 is 0 Å². The molecule has 0 aliphatic carbocycles. The van der Waals surface area contributed by atoms with E-state index in [9.17, 15) is 0 Å². The number of rotatable bonds is 7. The largest absolute Gasteiger partial charge is 0.354 e. The molecule has 1 atom stereocenters. The molecule has 1 unspecified atom stereocenters. The first-order chi connectivity index (χ1) is 15.8. The van der Waals surface area contributed by atoms with Crippen LogP contribution in [0.5, 0.6) is 0 Å². The van der Waals surface area contributed by atoms with Crippen LogP contribution in [0, 0.1) is 5.92 Å². The molecule has 3 aromatic rings. The van der Waals surface area contributed by atoms with Crippen LogP contribution >= 0.6 is 0 Å². The monoisotopic (exact) mass is 432 g/mol. The second-order valence-electron chi connectivity index (χ2n) is 8.91. The van der Waals surface area contributed by atoms with Gasteiger partial charge in [0.2, 0.25) is 11.7 Å². The van der Waals surface area contributed by atoms with Crippen molar-refractivity contribution in [2.24, 2.45) is 5.92 Å². The van der Waals surface area contributed by atoms with Crippen LogP contribution in [0.2, 0.25) is 0 Å². The van der Waals surface area contributed by atoms with Crippen LogP contribution in [-0.4, -0.2) is 77.3 Å². The van der Waals surface area contributed by atoms with E-state index in [1.165, 1.54) is 32.5 Å². The van der Waals surface area contributed by atoms with Gasteiger partial charge in [-0.15, -0.1) is 0 Å². The number of benzene rings is 1. The van der Waals surface area contributed by atoms with Gasteiger partial charge in [-0.1, -0.05) is 41.6 Å². The Morgan fingerprint density at radius 3 is 2.56 bits per heavy atom. The zero-order valence-corrected chi connectivity index (χ0v) is 18.6. The Kier molecular flexibility index (Phi) is 6.75. The summed E-state index contributed by atoms with van der Waals surface area (Å²) in [5.74, 6) is 3.26. The normalized spacial score (nSPS) is 20.5. The highest BCUT2D eigenvalue weighted by atomic mass is 16.5. The smallest absolute Gasteiger partial charge is 0.228 e. The van der Waals surface area contributed by atoms with E-state index in [4.69, 9.17) is 4.52 Å². The lowest BCUT2D eigenvalue weighted by Crippen LogP contribution is -2.50. The fourth-order valence-corrected chi connectivity index (χ4v) is 4.88. The molecule has 5 rings (SSSR count). The van der Waals surface area contributed by atoms with E-state index in [0.717, 1.165) is 62.3 Å². The Hall–Kier alpha value is -2.77. The number of hydrogen-bond acceptors (Lipinski definition) is 7. The van der Waals surface area contributed by atoms with Gasteiger partial charge in [0.05, 0.1) is 0 Å². The number of piperazine rings is 1. The predicted octanol–water partition coefficient (Wildman–Crippen LogP) is 3.21. The quantitative estimate of drug-likeness (QED) is 0.568. The van der Waals surface area contributed by atoms with Crippen molar-refractivity contribution in [1.82, 2.24) is 24.9 Å². The van der Waals surface area contributed by atoms with Crippen molar-refractivity contribution < 1.29 is 4.52 Å². The minimum absolute atomic E-state index is 0.682. The highest BCUT2D eigenvalue weighted by Crippen LogP contribution is 2.20. The van der Waals surface area contributed by atoms with Crippen LogP contribution in [0.1, 0.15) is 18.7 Å².